The topological polar surface area (TPSA) is 124 Å². The fourth-order valence-electron chi connectivity index (χ4n) is 4.65. The second-order valence-electron chi connectivity index (χ2n) is 9.38. The fraction of sp³-hybridized carbons (Fsp3) is 0.276. The van der Waals surface area contributed by atoms with Gasteiger partial charge in [-0.05, 0) is 37.1 Å². The fourth-order valence-corrected chi connectivity index (χ4v) is 4.65. The molecule has 1 saturated heterocycles. The Bertz CT molecular complexity index is 1570. The number of aromatic nitrogens is 2. The number of anilines is 1. The van der Waals surface area contributed by atoms with E-state index in [0.717, 1.165) is 6.07 Å². The van der Waals surface area contributed by atoms with Crippen molar-refractivity contribution in [2.75, 3.05) is 32.7 Å². The van der Waals surface area contributed by atoms with E-state index in [1.807, 2.05) is 0 Å². The number of nitrogens with zero attached hydrogens (tertiary/aromatic N) is 1. The van der Waals surface area contributed by atoms with Gasteiger partial charge >= 0.3 is 6.09 Å². The van der Waals surface area contributed by atoms with Crippen LogP contribution in [0.3, 0.4) is 0 Å². The molecule has 10 nitrogen and oxygen atoms in total. The first kappa shape index (κ1) is 27.8. The standard InChI is InChI=1S/C29H28F2N4O6/c1-38-24-14-33-28-25(26(24)35-16-7-8-18(40-15-16)12-34-29(37)39-2)20(13-32-28)27(36)19-10-9-17(11-22(19)31)41-23-6-4-3-5-21(23)30/h3-6,9-11,13-14,16,18H,7-8,12,15H2,1-2H3,(H,34,37)(H2,32,33,35)/t16-,18+/m1/s1. The summed E-state index contributed by atoms with van der Waals surface area (Å²) in [6.45, 7) is 0.667. The number of ketones is 1. The Labute approximate surface area is 234 Å². The van der Waals surface area contributed by atoms with Crippen molar-refractivity contribution in [3.63, 3.8) is 0 Å². The molecular weight excluding hydrogens is 538 g/mol. The first-order valence-electron chi connectivity index (χ1n) is 12.9. The van der Waals surface area contributed by atoms with Crippen LogP contribution in [0.2, 0.25) is 0 Å². The van der Waals surface area contributed by atoms with Crippen molar-refractivity contribution < 1.29 is 37.3 Å². The number of aromatic amines is 1. The van der Waals surface area contributed by atoms with Gasteiger partial charge in [0.25, 0.3) is 0 Å². The molecule has 0 aliphatic carbocycles. The number of benzene rings is 2. The van der Waals surface area contributed by atoms with E-state index in [2.05, 4.69) is 25.3 Å². The molecule has 0 unspecified atom stereocenters. The molecule has 3 N–H and O–H groups in total. The molecular formula is C29H28F2N4O6. The minimum absolute atomic E-state index is 0.0474. The highest BCUT2D eigenvalue weighted by Crippen LogP contribution is 2.37. The second-order valence-corrected chi connectivity index (χ2v) is 9.38. The molecule has 12 heteroatoms. The number of carbonyl (C=O) groups is 2. The van der Waals surface area contributed by atoms with Crippen LogP contribution in [0.1, 0.15) is 28.8 Å². The number of nitrogens with one attached hydrogen (secondary N) is 3. The quantitative estimate of drug-likeness (QED) is 0.237. The molecule has 2 atom stereocenters. The Balaban J connectivity index is 1.37. The highest BCUT2D eigenvalue weighted by atomic mass is 19.1. The predicted molar refractivity (Wildman–Crippen MR) is 146 cm³/mol. The summed E-state index contributed by atoms with van der Waals surface area (Å²) >= 11 is 0. The number of alkyl carbamates (subject to hydrolysis) is 1. The first-order chi connectivity index (χ1) is 19.9. The highest BCUT2D eigenvalue weighted by Gasteiger charge is 2.27. The SMILES string of the molecule is COC(=O)NC[C@@H]1CC[C@@H](Nc2c(OC)cnc3[nH]cc(C(=O)c4ccc(Oc5ccccc5F)cc4F)c23)CO1. The molecule has 1 aliphatic rings. The number of hydrogen-bond donors (Lipinski definition) is 3. The number of pyridine rings is 1. The van der Waals surface area contributed by atoms with Gasteiger partial charge in [0.05, 0.1) is 55.3 Å². The average Bonchev–Trinajstić information content (AvgIpc) is 3.42. The molecule has 5 rings (SSSR count). The maximum Gasteiger partial charge on any atom is 0.406 e. The average molecular weight is 567 g/mol. The third-order valence-electron chi connectivity index (χ3n) is 6.76. The van der Waals surface area contributed by atoms with Crippen LogP contribution in [0, 0.1) is 11.6 Å². The van der Waals surface area contributed by atoms with Gasteiger partial charge in [-0.1, -0.05) is 12.1 Å². The van der Waals surface area contributed by atoms with E-state index in [1.54, 1.807) is 6.07 Å². The monoisotopic (exact) mass is 566 g/mol. The van der Waals surface area contributed by atoms with Crippen LogP contribution in [0.15, 0.2) is 54.9 Å². The summed E-state index contributed by atoms with van der Waals surface area (Å²) in [6.07, 6.45) is 3.70. The van der Waals surface area contributed by atoms with Crippen LogP contribution >= 0.6 is 0 Å². The van der Waals surface area contributed by atoms with Crippen molar-refractivity contribution in [2.24, 2.45) is 0 Å². The first-order valence-corrected chi connectivity index (χ1v) is 12.9. The number of H-pyrrole nitrogens is 1. The van der Waals surface area contributed by atoms with Crippen molar-refractivity contribution in [2.45, 2.75) is 25.0 Å². The van der Waals surface area contributed by atoms with E-state index in [9.17, 15) is 14.0 Å². The van der Waals surface area contributed by atoms with Gasteiger partial charge in [-0.25, -0.2) is 18.6 Å². The molecule has 2 aromatic heterocycles. The summed E-state index contributed by atoms with van der Waals surface area (Å²) < 4.78 is 50.6. The van der Waals surface area contributed by atoms with E-state index in [0.29, 0.717) is 48.5 Å². The number of methoxy groups -OCH3 is 2. The number of fused-ring (bicyclic) bond motifs is 1. The van der Waals surface area contributed by atoms with Crippen LogP contribution in [0.5, 0.6) is 17.2 Å². The van der Waals surface area contributed by atoms with Crippen LogP contribution < -0.4 is 20.1 Å². The lowest BCUT2D eigenvalue weighted by atomic mass is 10.0. The summed E-state index contributed by atoms with van der Waals surface area (Å²) in [5.74, 6) is -1.62. The van der Waals surface area contributed by atoms with Crippen molar-refractivity contribution in [3.8, 4) is 17.2 Å². The summed E-state index contributed by atoms with van der Waals surface area (Å²) in [6, 6.07) is 9.37. The van der Waals surface area contributed by atoms with Crippen molar-refractivity contribution >= 4 is 28.6 Å². The zero-order valence-electron chi connectivity index (χ0n) is 22.3. The van der Waals surface area contributed by atoms with Crippen molar-refractivity contribution in [1.29, 1.82) is 0 Å². The second kappa shape index (κ2) is 12.2. The van der Waals surface area contributed by atoms with E-state index in [1.165, 1.54) is 56.9 Å². The number of ether oxygens (including phenoxy) is 4. The summed E-state index contributed by atoms with van der Waals surface area (Å²) in [5, 5.41) is 6.48. The minimum atomic E-state index is -0.823. The van der Waals surface area contributed by atoms with Crippen LogP contribution in [0.25, 0.3) is 11.0 Å². The third-order valence-corrected chi connectivity index (χ3v) is 6.76. The maximum absolute atomic E-state index is 15.2. The lowest BCUT2D eigenvalue weighted by molar-refractivity contribution is 0.0104. The van der Waals surface area contributed by atoms with Gasteiger partial charge in [0.2, 0.25) is 0 Å². The molecule has 0 spiro atoms. The molecule has 41 heavy (non-hydrogen) atoms. The van der Waals surface area contributed by atoms with Crippen LogP contribution in [-0.4, -0.2) is 61.4 Å². The van der Waals surface area contributed by atoms with Gasteiger partial charge in [0.1, 0.15) is 17.2 Å². The Morgan fingerprint density at radius 2 is 1.90 bits per heavy atom. The third kappa shape index (κ3) is 6.07. The van der Waals surface area contributed by atoms with E-state index < -0.39 is 23.5 Å². The molecule has 0 radical (unpaired) electrons. The largest absolute Gasteiger partial charge is 0.493 e. The smallest absolute Gasteiger partial charge is 0.406 e. The molecule has 214 valence electrons. The van der Waals surface area contributed by atoms with Gasteiger partial charge in [0.15, 0.2) is 23.1 Å². The van der Waals surface area contributed by atoms with Crippen molar-refractivity contribution in [1.82, 2.24) is 15.3 Å². The summed E-state index contributed by atoms with van der Waals surface area (Å²) in [5.41, 5.74) is 0.921. The van der Waals surface area contributed by atoms with Crippen molar-refractivity contribution in [3.05, 3.63) is 77.6 Å². The normalized spacial score (nSPS) is 16.7. The summed E-state index contributed by atoms with van der Waals surface area (Å²) in [4.78, 5) is 32.3. The van der Waals surface area contributed by atoms with Gasteiger partial charge in [0, 0.05) is 24.8 Å². The Kier molecular flexibility index (Phi) is 8.29. The minimum Gasteiger partial charge on any atom is -0.493 e. The number of hydrogen-bond acceptors (Lipinski definition) is 8. The Morgan fingerprint density at radius 1 is 1.07 bits per heavy atom. The van der Waals surface area contributed by atoms with E-state index in [4.69, 9.17) is 14.2 Å². The molecule has 1 aliphatic heterocycles. The van der Waals surface area contributed by atoms with E-state index >= 15 is 4.39 Å². The number of para-hydroxylation sites is 1. The number of halogens is 2. The molecule has 1 fully saturated rings. The van der Waals surface area contributed by atoms with Gasteiger partial charge in [-0.15, -0.1) is 0 Å². The molecule has 3 heterocycles. The zero-order chi connectivity index (χ0) is 28.9. The zero-order valence-corrected chi connectivity index (χ0v) is 22.3. The molecule has 2 aromatic carbocycles. The highest BCUT2D eigenvalue weighted by molar-refractivity contribution is 6.19. The van der Waals surface area contributed by atoms with Gasteiger partial charge in [-0.3, -0.25) is 4.79 Å². The Hall–Kier alpha value is -4.71. The summed E-state index contributed by atoms with van der Waals surface area (Å²) in [7, 11) is 2.79. The Morgan fingerprint density at radius 3 is 2.61 bits per heavy atom. The predicted octanol–water partition coefficient (Wildman–Crippen LogP) is 5.19. The lowest BCUT2D eigenvalue weighted by Crippen LogP contribution is -2.41. The molecule has 4 aromatic rings. The van der Waals surface area contributed by atoms with E-state index in [-0.39, 0.29) is 34.8 Å². The van der Waals surface area contributed by atoms with Gasteiger partial charge in [-0.2, -0.15) is 0 Å². The maximum atomic E-state index is 15.2. The number of rotatable bonds is 9. The molecule has 1 amide bonds. The molecule has 0 saturated carbocycles. The van der Waals surface area contributed by atoms with Gasteiger partial charge < -0.3 is 34.6 Å². The lowest BCUT2D eigenvalue weighted by Gasteiger charge is -2.30. The number of amides is 1. The number of carbonyl (C=O) groups excluding carboxylic acids is 2. The molecule has 0 bridgehead atoms. The van der Waals surface area contributed by atoms with Crippen LogP contribution in [-0.2, 0) is 9.47 Å². The van der Waals surface area contributed by atoms with Crippen LogP contribution in [0.4, 0.5) is 19.3 Å².